The summed E-state index contributed by atoms with van der Waals surface area (Å²) in [7, 11) is 0. The molecule has 0 amide bonds. The first-order valence-corrected chi connectivity index (χ1v) is 7.81. The van der Waals surface area contributed by atoms with Gasteiger partial charge in [-0.3, -0.25) is 4.90 Å². The van der Waals surface area contributed by atoms with E-state index in [1.165, 1.54) is 30.5 Å². The predicted molar refractivity (Wildman–Crippen MR) is 85.7 cm³/mol. The van der Waals surface area contributed by atoms with Gasteiger partial charge < -0.3 is 5.32 Å². The Morgan fingerprint density at radius 1 is 1.05 bits per heavy atom. The second-order valence-electron chi connectivity index (χ2n) is 5.16. The van der Waals surface area contributed by atoms with E-state index in [9.17, 15) is 0 Å². The highest BCUT2D eigenvalue weighted by Crippen LogP contribution is 2.20. The number of nitrogens with zero attached hydrogens (tertiary/aromatic N) is 1. The highest BCUT2D eigenvalue weighted by atomic mass is 15.1. The van der Waals surface area contributed by atoms with Crippen molar-refractivity contribution in [2.75, 3.05) is 18.4 Å². The molecular formula is C17H30N2. The molecule has 1 atom stereocenters. The third-order valence-electron chi connectivity index (χ3n) is 3.80. The zero-order chi connectivity index (χ0) is 14.1. The standard InChI is InChI=1S/C17H30N2/c1-5-11-16(6-2)18-17-13-10-9-12-15(17)14-19(7-3)8-4/h9-10,12-13,16,18H,5-8,11,14H2,1-4H3. The lowest BCUT2D eigenvalue weighted by Gasteiger charge is -2.23. The van der Waals surface area contributed by atoms with Gasteiger partial charge in [0.25, 0.3) is 0 Å². The van der Waals surface area contributed by atoms with Crippen molar-refractivity contribution in [1.29, 1.82) is 0 Å². The van der Waals surface area contributed by atoms with Gasteiger partial charge in [0.05, 0.1) is 0 Å². The van der Waals surface area contributed by atoms with E-state index in [0.717, 1.165) is 19.6 Å². The Hall–Kier alpha value is -1.02. The molecule has 0 saturated carbocycles. The van der Waals surface area contributed by atoms with E-state index >= 15 is 0 Å². The minimum absolute atomic E-state index is 0.600. The zero-order valence-corrected chi connectivity index (χ0v) is 13.1. The van der Waals surface area contributed by atoms with E-state index in [0.29, 0.717) is 6.04 Å². The largest absolute Gasteiger partial charge is 0.382 e. The van der Waals surface area contributed by atoms with Crippen LogP contribution in [0, 0.1) is 0 Å². The van der Waals surface area contributed by atoms with Gasteiger partial charge in [-0.2, -0.15) is 0 Å². The van der Waals surface area contributed by atoms with Gasteiger partial charge in [-0.1, -0.05) is 52.3 Å². The van der Waals surface area contributed by atoms with E-state index in [4.69, 9.17) is 0 Å². The molecule has 0 aliphatic heterocycles. The van der Waals surface area contributed by atoms with Crippen LogP contribution in [0.4, 0.5) is 5.69 Å². The lowest BCUT2D eigenvalue weighted by molar-refractivity contribution is 0.296. The SMILES string of the molecule is CCCC(CC)Nc1ccccc1CN(CC)CC. The number of benzene rings is 1. The quantitative estimate of drug-likeness (QED) is 0.704. The smallest absolute Gasteiger partial charge is 0.0388 e. The Bertz CT molecular complexity index is 345. The maximum absolute atomic E-state index is 3.73. The Kier molecular flexibility index (Phi) is 7.57. The molecule has 1 aromatic rings. The van der Waals surface area contributed by atoms with Gasteiger partial charge >= 0.3 is 0 Å². The number of anilines is 1. The third-order valence-corrected chi connectivity index (χ3v) is 3.80. The Labute approximate surface area is 119 Å². The number of rotatable bonds is 9. The summed E-state index contributed by atoms with van der Waals surface area (Å²) in [6.45, 7) is 12.2. The van der Waals surface area contributed by atoms with Gasteiger partial charge in [-0.25, -0.2) is 0 Å². The molecule has 0 aromatic heterocycles. The molecule has 1 rings (SSSR count). The normalized spacial score (nSPS) is 12.7. The molecule has 0 saturated heterocycles. The average Bonchev–Trinajstić information content (AvgIpc) is 2.45. The van der Waals surface area contributed by atoms with E-state index in [-0.39, 0.29) is 0 Å². The maximum atomic E-state index is 3.73. The first-order chi connectivity index (χ1) is 9.24. The minimum Gasteiger partial charge on any atom is -0.382 e. The number of para-hydroxylation sites is 1. The highest BCUT2D eigenvalue weighted by Gasteiger charge is 2.09. The van der Waals surface area contributed by atoms with Gasteiger partial charge in [0.2, 0.25) is 0 Å². The van der Waals surface area contributed by atoms with Crippen LogP contribution in [0.3, 0.4) is 0 Å². The van der Waals surface area contributed by atoms with Crippen molar-refractivity contribution in [3.63, 3.8) is 0 Å². The predicted octanol–water partition coefficient (Wildman–Crippen LogP) is 4.52. The summed E-state index contributed by atoms with van der Waals surface area (Å²) >= 11 is 0. The first kappa shape index (κ1) is 16.0. The van der Waals surface area contributed by atoms with Crippen LogP contribution in [0.5, 0.6) is 0 Å². The van der Waals surface area contributed by atoms with Crippen LogP contribution >= 0.6 is 0 Å². The van der Waals surface area contributed by atoms with Gasteiger partial charge in [0, 0.05) is 18.3 Å². The summed E-state index contributed by atoms with van der Waals surface area (Å²) in [6, 6.07) is 9.34. The number of nitrogens with one attached hydrogen (secondary N) is 1. The molecule has 2 nitrogen and oxygen atoms in total. The van der Waals surface area contributed by atoms with E-state index in [1.54, 1.807) is 0 Å². The fourth-order valence-corrected chi connectivity index (χ4v) is 2.43. The number of hydrogen-bond acceptors (Lipinski definition) is 2. The molecule has 0 fully saturated rings. The second kappa shape index (κ2) is 8.98. The van der Waals surface area contributed by atoms with E-state index < -0.39 is 0 Å². The molecule has 0 heterocycles. The molecule has 1 N–H and O–H groups in total. The van der Waals surface area contributed by atoms with Gasteiger partial charge in [-0.05, 0) is 37.6 Å². The van der Waals surface area contributed by atoms with E-state index in [2.05, 4.69) is 62.2 Å². The molecule has 0 bridgehead atoms. The Morgan fingerprint density at radius 2 is 1.74 bits per heavy atom. The molecule has 108 valence electrons. The molecule has 0 aliphatic carbocycles. The van der Waals surface area contributed by atoms with Crippen molar-refractivity contribution in [3.05, 3.63) is 29.8 Å². The summed E-state index contributed by atoms with van der Waals surface area (Å²) in [5.41, 5.74) is 2.73. The maximum Gasteiger partial charge on any atom is 0.0388 e. The van der Waals surface area contributed by atoms with Crippen molar-refractivity contribution in [1.82, 2.24) is 4.90 Å². The summed E-state index contributed by atoms with van der Waals surface area (Å²) in [5.74, 6) is 0. The van der Waals surface area contributed by atoms with Crippen LogP contribution in [0.15, 0.2) is 24.3 Å². The van der Waals surface area contributed by atoms with Gasteiger partial charge in [-0.15, -0.1) is 0 Å². The lowest BCUT2D eigenvalue weighted by atomic mass is 10.1. The molecule has 1 aromatic carbocycles. The van der Waals surface area contributed by atoms with Gasteiger partial charge in [0.15, 0.2) is 0 Å². The molecule has 19 heavy (non-hydrogen) atoms. The average molecular weight is 262 g/mol. The van der Waals surface area contributed by atoms with Gasteiger partial charge in [0.1, 0.15) is 0 Å². The summed E-state index contributed by atoms with van der Waals surface area (Å²) in [6.07, 6.45) is 3.67. The number of hydrogen-bond donors (Lipinski definition) is 1. The highest BCUT2D eigenvalue weighted by molar-refractivity contribution is 5.51. The van der Waals surface area contributed by atoms with Crippen LogP contribution in [0.25, 0.3) is 0 Å². The topological polar surface area (TPSA) is 15.3 Å². The summed E-state index contributed by atoms with van der Waals surface area (Å²) in [4.78, 5) is 2.46. The molecule has 0 radical (unpaired) electrons. The zero-order valence-electron chi connectivity index (χ0n) is 13.1. The second-order valence-corrected chi connectivity index (χ2v) is 5.16. The van der Waals surface area contributed by atoms with Crippen LogP contribution in [0.2, 0.25) is 0 Å². The fourth-order valence-electron chi connectivity index (χ4n) is 2.43. The molecular weight excluding hydrogens is 232 g/mol. The van der Waals surface area contributed by atoms with E-state index in [1.807, 2.05) is 0 Å². The monoisotopic (exact) mass is 262 g/mol. The van der Waals surface area contributed by atoms with Crippen molar-refractivity contribution in [2.24, 2.45) is 0 Å². The van der Waals surface area contributed by atoms with Crippen LogP contribution in [-0.4, -0.2) is 24.0 Å². The summed E-state index contributed by atoms with van der Waals surface area (Å²) in [5, 5.41) is 3.73. The lowest BCUT2D eigenvalue weighted by Crippen LogP contribution is -2.24. The fraction of sp³-hybridized carbons (Fsp3) is 0.647. The van der Waals surface area contributed by atoms with Crippen LogP contribution in [0.1, 0.15) is 52.5 Å². The molecule has 0 aliphatic rings. The minimum atomic E-state index is 0.600. The summed E-state index contributed by atoms with van der Waals surface area (Å²) < 4.78 is 0. The first-order valence-electron chi connectivity index (χ1n) is 7.81. The van der Waals surface area contributed by atoms with Crippen LogP contribution in [-0.2, 0) is 6.54 Å². The Balaban J connectivity index is 2.76. The molecule has 0 spiro atoms. The van der Waals surface area contributed by atoms with Crippen molar-refractivity contribution >= 4 is 5.69 Å². The van der Waals surface area contributed by atoms with Crippen LogP contribution < -0.4 is 5.32 Å². The molecule has 2 heteroatoms. The van der Waals surface area contributed by atoms with Crippen molar-refractivity contribution in [2.45, 2.75) is 59.5 Å². The third kappa shape index (κ3) is 5.23. The Morgan fingerprint density at radius 3 is 2.32 bits per heavy atom. The van der Waals surface area contributed by atoms with Crippen molar-refractivity contribution in [3.8, 4) is 0 Å². The van der Waals surface area contributed by atoms with Crippen molar-refractivity contribution < 1.29 is 0 Å². The molecule has 1 unspecified atom stereocenters.